The first kappa shape index (κ1) is 17.5. The Morgan fingerprint density at radius 1 is 1.16 bits per heavy atom. The van der Waals surface area contributed by atoms with Crippen molar-refractivity contribution in [2.45, 2.75) is 33.2 Å². The molecule has 25 heavy (non-hydrogen) atoms. The summed E-state index contributed by atoms with van der Waals surface area (Å²) < 4.78 is 10.8. The van der Waals surface area contributed by atoms with Crippen molar-refractivity contribution >= 4 is 27.4 Å². The number of hydrogen-bond acceptors (Lipinski definition) is 6. The topological polar surface area (TPSA) is 56.3 Å². The van der Waals surface area contributed by atoms with Crippen molar-refractivity contribution in [1.29, 1.82) is 0 Å². The van der Waals surface area contributed by atoms with Crippen LogP contribution in [-0.4, -0.2) is 23.7 Å². The van der Waals surface area contributed by atoms with Crippen LogP contribution >= 0.6 is 11.3 Å². The van der Waals surface area contributed by atoms with Crippen LogP contribution in [0.4, 0.5) is 5.82 Å². The fourth-order valence-electron chi connectivity index (χ4n) is 2.62. The Balaban J connectivity index is 1.89. The van der Waals surface area contributed by atoms with E-state index in [9.17, 15) is 0 Å². The molecule has 3 rings (SSSR count). The molecular formula is C19H23N3O2S. The number of aromatic nitrogens is 2. The van der Waals surface area contributed by atoms with Crippen molar-refractivity contribution in [3.05, 3.63) is 40.8 Å². The normalized spacial score (nSPS) is 10.8. The van der Waals surface area contributed by atoms with Gasteiger partial charge in [-0.3, -0.25) is 0 Å². The van der Waals surface area contributed by atoms with Gasteiger partial charge in [0.05, 0.1) is 19.1 Å². The quantitative estimate of drug-likeness (QED) is 0.635. The predicted molar refractivity (Wildman–Crippen MR) is 103 cm³/mol. The zero-order chi connectivity index (χ0) is 17.6. The third kappa shape index (κ3) is 4.20. The molecule has 0 aliphatic carbocycles. The number of aryl methyl sites for hydroxylation is 1. The summed E-state index contributed by atoms with van der Waals surface area (Å²) in [4.78, 5) is 11.4. The Morgan fingerprint density at radius 2 is 2.04 bits per heavy atom. The average Bonchev–Trinajstić information content (AvgIpc) is 3.03. The van der Waals surface area contributed by atoms with Crippen molar-refractivity contribution in [2.75, 3.05) is 19.0 Å². The second-order valence-electron chi connectivity index (χ2n) is 5.67. The summed E-state index contributed by atoms with van der Waals surface area (Å²) in [7, 11) is 1.68. The number of methoxy groups -OCH3 is 1. The molecule has 0 saturated heterocycles. The lowest BCUT2D eigenvalue weighted by atomic mass is 10.2. The third-order valence-electron chi connectivity index (χ3n) is 3.79. The van der Waals surface area contributed by atoms with Gasteiger partial charge in [0.25, 0.3) is 0 Å². The van der Waals surface area contributed by atoms with Gasteiger partial charge in [0, 0.05) is 11.4 Å². The lowest BCUT2D eigenvalue weighted by Crippen LogP contribution is -2.05. The van der Waals surface area contributed by atoms with Gasteiger partial charge >= 0.3 is 6.01 Å². The van der Waals surface area contributed by atoms with E-state index in [1.54, 1.807) is 18.4 Å². The molecule has 0 aliphatic heterocycles. The van der Waals surface area contributed by atoms with Crippen LogP contribution in [0.15, 0.2) is 30.3 Å². The second-order valence-corrected chi connectivity index (χ2v) is 6.79. The minimum atomic E-state index is 0.424. The molecule has 0 saturated carbocycles. The fourth-order valence-corrected chi connectivity index (χ4v) is 3.74. The van der Waals surface area contributed by atoms with Gasteiger partial charge in [-0.05, 0) is 37.1 Å². The van der Waals surface area contributed by atoms with Crippen LogP contribution in [-0.2, 0) is 13.0 Å². The van der Waals surface area contributed by atoms with Gasteiger partial charge in [-0.1, -0.05) is 25.5 Å². The molecule has 2 heterocycles. The number of benzene rings is 1. The maximum absolute atomic E-state index is 5.54. The number of anilines is 1. The number of rotatable bonds is 8. The molecule has 0 unspecified atom stereocenters. The molecule has 132 valence electrons. The minimum absolute atomic E-state index is 0.424. The van der Waals surface area contributed by atoms with Crippen LogP contribution < -0.4 is 14.8 Å². The summed E-state index contributed by atoms with van der Waals surface area (Å²) in [6.07, 6.45) is 2.17. The van der Waals surface area contributed by atoms with Gasteiger partial charge in [0.15, 0.2) is 0 Å². The highest BCUT2D eigenvalue weighted by Gasteiger charge is 2.12. The van der Waals surface area contributed by atoms with Gasteiger partial charge < -0.3 is 14.8 Å². The lowest BCUT2D eigenvalue weighted by Gasteiger charge is -2.09. The van der Waals surface area contributed by atoms with E-state index in [4.69, 9.17) is 9.47 Å². The van der Waals surface area contributed by atoms with E-state index in [0.29, 0.717) is 19.2 Å². The second kappa shape index (κ2) is 8.16. The molecule has 0 bridgehead atoms. The van der Waals surface area contributed by atoms with Gasteiger partial charge in [0.2, 0.25) is 0 Å². The average molecular weight is 357 g/mol. The monoisotopic (exact) mass is 357 g/mol. The zero-order valence-electron chi connectivity index (χ0n) is 14.8. The number of fused-ring (bicyclic) bond motifs is 1. The minimum Gasteiger partial charge on any atom is -0.497 e. The summed E-state index contributed by atoms with van der Waals surface area (Å²) in [5.74, 6) is 1.66. The highest BCUT2D eigenvalue weighted by atomic mass is 32.1. The van der Waals surface area contributed by atoms with E-state index in [0.717, 1.165) is 40.2 Å². The van der Waals surface area contributed by atoms with Crippen molar-refractivity contribution in [3.63, 3.8) is 0 Å². The van der Waals surface area contributed by atoms with Crippen molar-refractivity contribution in [2.24, 2.45) is 0 Å². The van der Waals surface area contributed by atoms with E-state index in [-0.39, 0.29) is 0 Å². The van der Waals surface area contributed by atoms with Gasteiger partial charge in [0.1, 0.15) is 16.4 Å². The largest absolute Gasteiger partial charge is 0.497 e. The van der Waals surface area contributed by atoms with E-state index in [2.05, 4.69) is 34.3 Å². The Bertz CT molecular complexity index is 848. The van der Waals surface area contributed by atoms with E-state index >= 15 is 0 Å². The number of nitrogens with one attached hydrogen (secondary N) is 1. The fraction of sp³-hybridized carbons (Fsp3) is 0.368. The first-order chi connectivity index (χ1) is 12.2. The number of hydrogen-bond donors (Lipinski definition) is 1. The molecule has 5 nitrogen and oxygen atoms in total. The summed E-state index contributed by atoms with van der Waals surface area (Å²) in [6, 6.07) is 10.6. The van der Waals surface area contributed by atoms with E-state index in [1.807, 2.05) is 25.1 Å². The van der Waals surface area contributed by atoms with Crippen molar-refractivity contribution in [1.82, 2.24) is 9.97 Å². The molecule has 1 aromatic carbocycles. The molecule has 0 fully saturated rings. The predicted octanol–water partition coefficient (Wildman–Crippen LogP) is 4.66. The molecule has 0 atom stereocenters. The summed E-state index contributed by atoms with van der Waals surface area (Å²) in [6.45, 7) is 5.33. The van der Waals surface area contributed by atoms with Crippen LogP contribution in [0, 0.1) is 0 Å². The van der Waals surface area contributed by atoms with E-state index < -0.39 is 0 Å². The van der Waals surface area contributed by atoms with Crippen LogP contribution in [0.1, 0.15) is 30.7 Å². The first-order valence-electron chi connectivity index (χ1n) is 8.53. The summed E-state index contributed by atoms with van der Waals surface area (Å²) in [5, 5.41) is 4.48. The molecule has 0 aliphatic rings. The molecule has 0 radical (unpaired) electrons. The highest BCUT2D eigenvalue weighted by Crippen LogP contribution is 2.31. The molecular weight excluding hydrogens is 334 g/mol. The molecule has 3 aromatic rings. The Kier molecular flexibility index (Phi) is 5.71. The molecule has 6 heteroatoms. The van der Waals surface area contributed by atoms with Crippen LogP contribution in [0.3, 0.4) is 0 Å². The summed E-state index contributed by atoms with van der Waals surface area (Å²) >= 11 is 1.71. The Labute approximate surface area is 152 Å². The molecule has 0 spiro atoms. The number of ether oxygens (including phenoxy) is 2. The van der Waals surface area contributed by atoms with Crippen molar-refractivity contribution < 1.29 is 9.47 Å². The molecule has 0 amide bonds. The highest BCUT2D eigenvalue weighted by molar-refractivity contribution is 7.18. The molecule has 2 aromatic heterocycles. The van der Waals surface area contributed by atoms with E-state index in [1.165, 1.54) is 4.88 Å². The van der Waals surface area contributed by atoms with Gasteiger partial charge in [-0.25, -0.2) is 0 Å². The first-order valence-corrected chi connectivity index (χ1v) is 9.35. The maximum Gasteiger partial charge on any atom is 0.319 e. The Morgan fingerprint density at radius 3 is 2.80 bits per heavy atom. The smallest absolute Gasteiger partial charge is 0.319 e. The standard InChI is InChI=1S/C19H23N3O2S/c1-4-7-15-11-16-17(21-19(24-5-2)22-18(16)25-15)20-12-13-8-6-9-14(10-13)23-3/h6,8-11H,4-5,7,12H2,1-3H3,(H,20,21,22). The Hall–Kier alpha value is -2.34. The zero-order valence-corrected chi connectivity index (χ0v) is 15.7. The molecule has 1 N–H and O–H groups in total. The maximum atomic E-state index is 5.54. The summed E-state index contributed by atoms with van der Waals surface area (Å²) in [5.41, 5.74) is 1.13. The van der Waals surface area contributed by atoms with Crippen LogP contribution in [0.25, 0.3) is 10.2 Å². The van der Waals surface area contributed by atoms with Gasteiger partial charge in [-0.15, -0.1) is 11.3 Å². The van der Waals surface area contributed by atoms with Crippen LogP contribution in [0.5, 0.6) is 11.8 Å². The van der Waals surface area contributed by atoms with Gasteiger partial charge in [-0.2, -0.15) is 9.97 Å². The number of nitrogens with zero attached hydrogens (tertiary/aromatic N) is 2. The van der Waals surface area contributed by atoms with Crippen LogP contribution in [0.2, 0.25) is 0 Å². The lowest BCUT2D eigenvalue weighted by molar-refractivity contribution is 0.314. The SMILES string of the molecule is CCCc1cc2c(NCc3cccc(OC)c3)nc(OCC)nc2s1. The third-order valence-corrected chi connectivity index (χ3v) is 4.88. The number of thiophene rings is 1. The van der Waals surface area contributed by atoms with Crippen molar-refractivity contribution in [3.8, 4) is 11.8 Å².